The number of hydrogen-bond acceptors (Lipinski definition) is 5. The molecule has 0 atom stereocenters. The Bertz CT molecular complexity index is 1350. The van der Waals surface area contributed by atoms with Gasteiger partial charge in [-0.3, -0.25) is 0 Å². The smallest absolute Gasteiger partial charge is 0.420 e. The van der Waals surface area contributed by atoms with Gasteiger partial charge in [0.25, 0.3) is 0 Å². The third-order valence-electron chi connectivity index (χ3n) is 4.59. The largest absolute Gasteiger partial charge is 0.507 e. The quantitative estimate of drug-likeness (QED) is 0.284. The minimum Gasteiger partial charge on any atom is -0.507 e. The predicted octanol–water partition coefficient (Wildman–Crippen LogP) is 5.27. The summed E-state index contributed by atoms with van der Waals surface area (Å²) in [7, 11) is 1.77. The monoisotopic (exact) mass is 461 g/mol. The van der Waals surface area contributed by atoms with Gasteiger partial charge in [0.2, 0.25) is 5.88 Å². The van der Waals surface area contributed by atoms with Crippen LogP contribution in [0, 0.1) is 5.82 Å². The molecule has 3 N–H and O–H groups in total. The molecule has 8 nitrogen and oxygen atoms in total. The van der Waals surface area contributed by atoms with E-state index in [2.05, 4.69) is 20.6 Å². The molecule has 0 fully saturated rings. The molecule has 0 aliphatic heterocycles. The lowest BCUT2D eigenvalue weighted by Gasteiger charge is -2.13. The summed E-state index contributed by atoms with van der Waals surface area (Å²) in [5.74, 6) is -1.51. The van der Waals surface area contributed by atoms with Crippen molar-refractivity contribution in [1.29, 1.82) is 0 Å². The van der Waals surface area contributed by atoms with E-state index in [1.165, 1.54) is 18.5 Å². The molecule has 0 saturated carbocycles. The number of carbonyl (C=O) groups excluding carboxylic acids is 1. The van der Waals surface area contributed by atoms with Crippen molar-refractivity contribution in [2.24, 2.45) is 7.05 Å². The Morgan fingerprint density at radius 3 is 2.61 bits per heavy atom. The Labute approximate surface area is 183 Å². The van der Waals surface area contributed by atoms with Crippen molar-refractivity contribution < 1.29 is 32.2 Å². The van der Waals surface area contributed by atoms with Crippen LogP contribution in [0.25, 0.3) is 11.0 Å². The van der Waals surface area contributed by atoms with Crippen molar-refractivity contribution in [3.63, 3.8) is 0 Å². The first kappa shape index (κ1) is 21.9. The average Bonchev–Trinajstić information content (AvgIpc) is 3.12. The fraction of sp³-hybridized carbons (Fsp3) is 0.0952. The van der Waals surface area contributed by atoms with E-state index in [0.717, 1.165) is 18.2 Å². The maximum absolute atomic E-state index is 14.5. The second-order valence-corrected chi connectivity index (χ2v) is 6.89. The van der Waals surface area contributed by atoms with Gasteiger partial charge >= 0.3 is 12.2 Å². The van der Waals surface area contributed by atoms with Crippen LogP contribution in [-0.2, 0) is 13.2 Å². The number of hydrogen-bond donors (Lipinski definition) is 3. The van der Waals surface area contributed by atoms with Gasteiger partial charge in [0.05, 0.1) is 16.8 Å². The summed E-state index contributed by atoms with van der Waals surface area (Å²) >= 11 is 0. The summed E-state index contributed by atoms with van der Waals surface area (Å²) in [4.78, 5) is 20.3. The van der Waals surface area contributed by atoms with Crippen molar-refractivity contribution >= 4 is 28.4 Å². The number of halogens is 4. The zero-order valence-corrected chi connectivity index (χ0v) is 16.8. The van der Waals surface area contributed by atoms with Crippen molar-refractivity contribution in [2.75, 3.05) is 10.6 Å². The molecule has 2 aromatic heterocycles. The van der Waals surface area contributed by atoms with Gasteiger partial charge in [0.15, 0.2) is 0 Å². The van der Waals surface area contributed by atoms with Gasteiger partial charge in [0.1, 0.15) is 29.2 Å². The van der Waals surface area contributed by atoms with Gasteiger partial charge in [-0.05, 0) is 36.4 Å². The van der Waals surface area contributed by atoms with Crippen LogP contribution in [0.1, 0.15) is 5.56 Å². The van der Waals surface area contributed by atoms with E-state index in [0.29, 0.717) is 17.1 Å². The third kappa shape index (κ3) is 4.63. The topological polar surface area (TPSA) is 101 Å². The van der Waals surface area contributed by atoms with Crippen LogP contribution in [0.4, 0.5) is 33.7 Å². The van der Waals surface area contributed by atoms with Gasteiger partial charge in [-0.25, -0.2) is 14.2 Å². The van der Waals surface area contributed by atoms with Crippen LogP contribution in [0.3, 0.4) is 0 Å². The highest BCUT2D eigenvalue weighted by Gasteiger charge is 2.34. The van der Waals surface area contributed by atoms with Crippen LogP contribution in [-0.4, -0.2) is 25.7 Å². The number of phenolic OH excluding ortho intramolecular Hbond substituents is 1. The molecule has 2 heterocycles. The van der Waals surface area contributed by atoms with E-state index in [-0.39, 0.29) is 23.0 Å². The zero-order chi connectivity index (χ0) is 23.8. The maximum Gasteiger partial charge on any atom is 0.420 e. The molecular formula is C21H15F4N5O3. The number of rotatable bonds is 4. The average molecular weight is 461 g/mol. The lowest BCUT2D eigenvalue weighted by atomic mass is 10.1. The fourth-order valence-corrected chi connectivity index (χ4v) is 3.06. The molecule has 170 valence electrons. The molecule has 12 heteroatoms. The Kier molecular flexibility index (Phi) is 5.50. The Morgan fingerprint density at radius 1 is 1.09 bits per heavy atom. The molecule has 33 heavy (non-hydrogen) atoms. The van der Waals surface area contributed by atoms with Crippen LogP contribution in [0.5, 0.6) is 17.4 Å². The first-order chi connectivity index (χ1) is 15.6. The van der Waals surface area contributed by atoms with E-state index in [9.17, 15) is 27.5 Å². The van der Waals surface area contributed by atoms with Crippen LogP contribution < -0.4 is 15.4 Å². The number of urea groups is 1. The van der Waals surface area contributed by atoms with Gasteiger partial charge < -0.3 is 25.0 Å². The molecule has 4 aromatic rings. The number of aromatic nitrogens is 3. The van der Waals surface area contributed by atoms with E-state index in [1.807, 2.05) is 0 Å². The number of aryl methyl sites for hydroxylation is 1. The van der Waals surface area contributed by atoms with E-state index >= 15 is 0 Å². The Hall–Kier alpha value is -4.35. The first-order valence-electron chi connectivity index (χ1n) is 9.33. The lowest BCUT2D eigenvalue weighted by molar-refractivity contribution is -0.138. The van der Waals surface area contributed by atoms with Gasteiger partial charge in [-0.15, -0.1) is 0 Å². The number of nitrogens with zero attached hydrogens (tertiary/aromatic N) is 3. The molecule has 0 saturated heterocycles. The van der Waals surface area contributed by atoms with E-state index < -0.39 is 29.3 Å². The number of ether oxygens (including phenoxy) is 1. The molecule has 0 spiro atoms. The third-order valence-corrected chi connectivity index (χ3v) is 4.59. The number of fused-ring (bicyclic) bond motifs is 1. The van der Waals surface area contributed by atoms with Crippen molar-refractivity contribution in [3.05, 3.63) is 66.4 Å². The molecule has 0 unspecified atom stereocenters. The number of amides is 2. The SMILES string of the molecule is Cn1ccc2ncnc(Oc3ccc(NC(=O)Nc4ccc(O)c(C(F)(F)F)c4)c(F)c3)c21. The molecule has 2 amide bonds. The lowest BCUT2D eigenvalue weighted by Crippen LogP contribution is -2.20. The van der Waals surface area contributed by atoms with Gasteiger partial charge in [-0.1, -0.05) is 0 Å². The van der Waals surface area contributed by atoms with Crippen LogP contribution in [0.15, 0.2) is 55.0 Å². The van der Waals surface area contributed by atoms with E-state index in [1.54, 1.807) is 23.9 Å². The summed E-state index contributed by atoms with van der Waals surface area (Å²) in [5.41, 5.74) is -0.549. The summed E-state index contributed by atoms with van der Waals surface area (Å²) in [6, 6.07) is 6.85. The number of benzene rings is 2. The highest BCUT2D eigenvalue weighted by atomic mass is 19.4. The molecule has 0 radical (unpaired) electrons. The summed E-state index contributed by atoms with van der Waals surface area (Å²) in [6.07, 6.45) is -1.74. The van der Waals surface area contributed by atoms with Gasteiger partial charge in [-0.2, -0.15) is 18.2 Å². The van der Waals surface area contributed by atoms with E-state index in [4.69, 9.17) is 4.74 Å². The maximum atomic E-state index is 14.5. The minimum atomic E-state index is -4.81. The van der Waals surface area contributed by atoms with Crippen LogP contribution in [0.2, 0.25) is 0 Å². The molecular weight excluding hydrogens is 446 g/mol. The second-order valence-electron chi connectivity index (χ2n) is 6.89. The number of anilines is 2. The number of alkyl halides is 3. The molecule has 0 aliphatic carbocycles. The summed E-state index contributed by atoms with van der Waals surface area (Å²) in [6.45, 7) is 0. The number of phenols is 1. The normalized spacial score (nSPS) is 11.4. The molecule has 4 rings (SSSR count). The summed E-state index contributed by atoms with van der Waals surface area (Å²) in [5, 5.41) is 13.7. The minimum absolute atomic E-state index is 0.105. The van der Waals surface area contributed by atoms with Crippen molar-refractivity contribution in [3.8, 4) is 17.4 Å². The van der Waals surface area contributed by atoms with Crippen LogP contribution >= 0.6 is 0 Å². The molecule has 0 bridgehead atoms. The van der Waals surface area contributed by atoms with Gasteiger partial charge in [0, 0.05) is 25.0 Å². The van der Waals surface area contributed by atoms with Crippen molar-refractivity contribution in [1.82, 2.24) is 14.5 Å². The molecule has 0 aliphatic rings. The number of nitrogens with one attached hydrogen (secondary N) is 2. The highest BCUT2D eigenvalue weighted by molar-refractivity contribution is 6.00. The number of aromatic hydroxyl groups is 1. The Balaban J connectivity index is 1.47. The second kappa shape index (κ2) is 8.30. The fourth-order valence-electron chi connectivity index (χ4n) is 3.06. The number of carbonyl (C=O) groups is 1. The highest BCUT2D eigenvalue weighted by Crippen LogP contribution is 2.37. The standard InChI is InChI=1S/C21H15F4N5O3/c1-30-7-6-16-18(30)19(27-10-26-16)33-12-3-4-15(14(22)9-12)29-20(32)28-11-2-5-17(31)13(8-11)21(23,24)25/h2-10,31H,1H3,(H2,28,29,32). The van der Waals surface area contributed by atoms with Crippen molar-refractivity contribution in [2.45, 2.75) is 6.18 Å². The first-order valence-corrected chi connectivity index (χ1v) is 9.33. The Morgan fingerprint density at radius 2 is 1.88 bits per heavy atom. The molecule has 2 aromatic carbocycles. The predicted molar refractivity (Wildman–Crippen MR) is 111 cm³/mol. The summed E-state index contributed by atoms with van der Waals surface area (Å²) < 4.78 is 60.6. The zero-order valence-electron chi connectivity index (χ0n) is 16.8.